The molecule has 0 atom stereocenters. The van der Waals surface area contributed by atoms with E-state index in [1.807, 2.05) is 0 Å². The smallest absolute Gasteiger partial charge is 0.247 e. The molecular weight excluding hydrogens is 319 g/mol. The number of nitrogens with zero attached hydrogens (tertiary/aromatic N) is 2. The lowest BCUT2D eigenvalue weighted by Gasteiger charge is -2.08. The monoisotopic (exact) mass is 323 g/mol. The Balaban J connectivity index is 2.44. The quantitative estimate of drug-likeness (QED) is 0.695. The molecule has 0 aliphatic rings. The zero-order chi connectivity index (χ0) is 14.9. The first kappa shape index (κ1) is 14.5. The van der Waals surface area contributed by atoms with Gasteiger partial charge in [-0.15, -0.1) is 0 Å². The Morgan fingerprint density at radius 2 is 1.80 bits per heavy atom. The van der Waals surface area contributed by atoms with E-state index in [0.29, 0.717) is 12.1 Å². The number of hydrogen-bond donors (Lipinski definition) is 1. The van der Waals surface area contributed by atoms with Gasteiger partial charge in [0.1, 0.15) is 10.0 Å². The number of nitrogens with one attached hydrogen (secondary N) is 1. The maximum atomic E-state index is 13.4. The molecule has 0 spiro atoms. The van der Waals surface area contributed by atoms with Crippen molar-refractivity contribution in [2.24, 2.45) is 0 Å². The minimum atomic E-state index is -4.52. The van der Waals surface area contributed by atoms with Crippen LogP contribution in [0, 0.1) is 17.5 Å². The standard InChI is InChI=1S/C10H5ClF3N3O2S/c11-7-3-4-15-10(16-7)17-20(18,19)6-2-1-5(12)8(13)9(6)14/h1-4H,(H,15,16,17). The molecule has 0 amide bonds. The van der Waals surface area contributed by atoms with Gasteiger partial charge in [-0.2, -0.15) is 0 Å². The topological polar surface area (TPSA) is 72.0 Å². The van der Waals surface area contributed by atoms with Gasteiger partial charge in [-0.05, 0) is 18.2 Å². The van der Waals surface area contributed by atoms with Crippen molar-refractivity contribution in [3.63, 3.8) is 0 Å². The number of rotatable bonds is 3. The molecule has 0 saturated carbocycles. The predicted octanol–water partition coefficient (Wildman–Crippen LogP) is 2.35. The van der Waals surface area contributed by atoms with E-state index in [2.05, 4.69) is 9.97 Å². The average Bonchev–Trinajstić information content (AvgIpc) is 2.35. The van der Waals surface area contributed by atoms with Crippen LogP contribution >= 0.6 is 11.6 Å². The number of hydrogen-bond acceptors (Lipinski definition) is 4. The number of benzene rings is 1. The summed E-state index contributed by atoms with van der Waals surface area (Å²) < 4.78 is 64.7. The van der Waals surface area contributed by atoms with Crippen molar-refractivity contribution < 1.29 is 21.6 Å². The summed E-state index contributed by atoms with van der Waals surface area (Å²) in [7, 11) is -4.52. The first-order chi connectivity index (χ1) is 9.31. The van der Waals surface area contributed by atoms with Gasteiger partial charge >= 0.3 is 0 Å². The first-order valence-corrected chi connectivity index (χ1v) is 6.82. The van der Waals surface area contributed by atoms with Gasteiger partial charge in [0, 0.05) is 6.20 Å². The van der Waals surface area contributed by atoms with Crippen LogP contribution < -0.4 is 4.72 Å². The lowest BCUT2D eigenvalue weighted by atomic mass is 10.3. The van der Waals surface area contributed by atoms with E-state index < -0.39 is 38.3 Å². The number of anilines is 1. The molecular formula is C10H5ClF3N3O2S. The fraction of sp³-hybridized carbons (Fsp3) is 0. The molecule has 2 rings (SSSR count). The Bertz CT molecular complexity index is 770. The van der Waals surface area contributed by atoms with Crippen LogP contribution in [0.5, 0.6) is 0 Å². The Hall–Kier alpha value is -1.87. The molecule has 106 valence electrons. The van der Waals surface area contributed by atoms with Crippen LogP contribution in [0.15, 0.2) is 29.3 Å². The summed E-state index contributed by atoms with van der Waals surface area (Å²) in [6.07, 6.45) is 1.16. The van der Waals surface area contributed by atoms with Crippen molar-refractivity contribution in [2.45, 2.75) is 4.90 Å². The molecule has 1 aromatic heterocycles. The highest BCUT2D eigenvalue weighted by atomic mass is 35.5. The molecule has 1 heterocycles. The van der Waals surface area contributed by atoms with Crippen molar-refractivity contribution in [1.82, 2.24) is 9.97 Å². The van der Waals surface area contributed by atoms with Crippen LogP contribution in [0.4, 0.5) is 19.1 Å². The zero-order valence-corrected chi connectivity index (χ0v) is 11.0. The van der Waals surface area contributed by atoms with Gasteiger partial charge in [0.25, 0.3) is 10.0 Å². The summed E-state index contributed by atoms with van der Waals surface area (Å²) in [6, 6.07) is 2.37. The molecule has 0 bridgehead atoms. The summed E-state index contributed by atoms with van der Waals surface area (Å²) in [4.78, 5) is 6.00. The lowest BCUT2D eigenvalue weighted by Crippen LogP contribution is -2.17. The molecule has 20 heavy (non-hydrogen) atoms. The average molecular weight is 324 g/mol. The maximum Gasteiger partial charge on any atom is 0.267 e. The molecule has 2 aromatic rings. The van der Waals surface area contributed by atoms with E-state index >= 15 is 0 Å². The summed E-state index contributed by atoms with van der Waals surface area (Å²) in [5.41, 5.74) is 0. The lowest BCUT2D eigenvalue weighted by molar-refractivity contribution is 0.432. The minimum Gasteiger partial charge on any atom is -0.247 e. The maximum absolute atomic E-state index is 13.4. The fourth-order valence-electron chi connectivity index (χ4n) is 1.28. The third kappa shape index (κ3) is 2.83. The predicted molar refractivity (Wildman–Crippen MR) is 64.2 cm³/mol. The highest BCUT2D eigenvalue weighted by Crippen LogP contribution is 2.21. The van der Waals surface area contributed by atoms with Crippen LogP contribution in [-0.2, 0) is 10.0 Å². The zero-order valence-electron chi connectivity index (χ0n) is 9.44. The first-order valence-electron chi connectivity index (χ1n) is 4.96. The fourth-order valence-corrected chi connectivity index (χ4v) is 2.43. The largest absolute Gasteiger partial charge is 0.267 e. The second-order valence-electron chi connectivity index (χ2n) is 3.48. The van der Waals surface area contributed by atoms with E-state index in [0.717, 1.165) is 6.20 Å². The Morgan fingerprint density at radius 3 is 2.45 bits per heavy atom. The number of halogens is 4. The summed E-state index contributed by atoms with van der Waals surface area (Å²) in [6.45, 7) is 0. The molecule has 1 aromatic carbocycles. The summed E-state index contributed by atoms with van der Waals surface area (Å²) in [5.74, 6) is -5.65. The van der Waals surface area contributed by atoms with E-state index in [1.165, 1.54) is 6.07 Å². The molecule has 0 saturated heterocycles. The van der Waals surface area contributed by atoms with Crippen LogP contribution in [0.3, 0.4) is 0 Å². The van der Waals surface area contributed by atoms with Gasteiger partial charge in [0.05, 0.1) is 0 Å². The van der Waals surface area contributed by atoms with Gasteiger partial charge in [0.2, 0.25) is 5.95 Å². The minimum absolute atomic E-state index is 0.0524. The second kappa shape index (κ2) is 5.25. The van der Waals surface area contributed by atoms with Crippen molar-refractivity contribution in [1.29, 1.82) is 0 Å². The second-order valence-corrected chi connectivity index (χ2v) is 5.52. The van der Waals surface area contributed by atoms with Gasteiger partial charge in [0.15, 0.2) is 17.5 Å². The third-order valence-corrected chi connectivity index (χ3v) is 3.69. The van der Waals surface area contributed by atoms with Gasteiger partial charge in [-0.1, -0.05) is 11.6 Å². The molecule has 0 aliphatic heterocycles. The van der Waals surface area contributed by atoms with E-state index in [9.17, 15) is 21.6 Å². The number of aromatic nitrogens is 2. The Labute approximate surface area is 116 Å². The van der Waals surface area contributed by atoms with Gasteiger partial charge in [-0.25, -0.2) is 36.3 Å². The summed E-state index contributed by atoms with van der Waals surface area (Å²) in [5, 5.41) is -0.0524. The molecule has 1 N–H and O–H groups in total. The van der Waals surface area contributed by atoms with E-state index in [-0.39, 0.29) is 5.15 Å². The molecule has 0 unspecified atom stereocenters. The third-order valence-electron chi connectivity index (χ3n) is 2.14. The van der Waals surface area contributed by atoms with Crippen LogP contribution in [-0.4, -0.2) is 18.4 Å². The van der Waals surface area contributed by atoms with Crippen molar-refractivity contribution >= 4 is 27.6 Å². The molecule has 0 radical (unpaired) electrons. The highest BCUT2D eigenvalue weighted by molar-refractivity contribution is 7.92. The SMILES string of the molecule is O=S(=O)(Nc1nccc(Cl)n1)c1ccc(F)c(F)c1F. The number of sulfonamides is 1. The molecule has 10 heteroatoms. The molecule has 0 aliphatic carbocycles. The molecule has 5 nitrogen and oxygen atoms in total. The van der Waals surface area contributed by atoms with Gasteiger partial charge in [-0.3, -0.25) is 0 Å². The van der Waals surface area contributed by atoms with Crippen molar-refractivity contribution in [3.8, 4) is 0 Å². The van der Waals surface area contributed by atoms with Crippen LogP contribution in [0.1, 0.15) is 0 Å². The Morgan fingerprint density at radius 1 is 1.10 bits per heavy atom. The van der Waals surface area contributed by atoms with Crippen molar-refractivity contribution in [3.05, 3.63) is 47.0 Å². The highest BCUT2D eigenvalue weighted by Gasteiger charge is 2.24. The summed E-state index contributed by atoms with van der Waals surface area (Å²) >= 11 is 5.53. The molecule has 0 fully saturated rings. The van der Waals surface area contributed by atoms with Crippen LogP contribution in [0.2, 0.25) is 5.15 Å². The van der Waals surface area contributed by atoms with Crippen molar-refractivity contribution in [2.75, 3.05) is 4.72 Å². The van der Waals surface area contributed by atoms with E-state index in [4.69, 9.17) is 11.6 Å². The Kier molecular flexibility index (Phi) is 3.82. The van der Waals surface area contributed by atoms with Gasteiger partial charge < -0.3 is 0 Å². The van der Waals surface area contributed by atoms with Crippen LogP contribution in [0.25, 0.3) is 0 Å². The normalized spacial score (nSPS) is 11.4. The van der Waals surface area contributed by atoms with E-state index in [1.54, 1.807) is 4.72 Å².